The molecule has 0 bridgehead atoms. The van der Waals surface area contributed by atoms with Crippen LogP contribution >= 0.6 is 0 Å². The summed E-state index contributed by atoms with van der Waals surface area (Å²) < 4.78 is 5.68. The third kappa shape index (κ3) is 5.17. The highest BCUT2D eigenvalue weighted by Crippen LogP contribution is 2.18. The van der Waals surface area contributed by atoms with Gasteiger partial charge in [0, 0.05) is 22.4 Å². The molecule has 0 saturated heterocycles. The van der Waals surface area contributed by atoms with E-state index in [0.717, 1.165) is 0 Å². The summed E-state index contributed by atoms with van der Waals surface area (Å²) in [6.07, 6.45) is -0.758. The summed E-state index contributed by atoms with van der Waals surface area (Å²) >= 11 is 0. The first kappa shape index (κ1) is 20.0. The van der Waals surface area contributed by atoms with Gasteiger partial charge in [0.2, 0.25) is 0 Å². The molecule has 29 heavy (non-hydrogen) atoms. The van der Waals surface area contributed by atoms with Crippen LogP contribution in [-0.2, 0) is 4.79 Å². The number of amides is 1. The second-order valence-electron chi connectivity index (χ2n) is 6.61. The number of anilines is 1. The molecule has 0 aliphatic carbocycles. The Kier molecular flexibility index (Phi) is 6.19. The van der Waals surface area contributed by atoms with Gasteiger partial charge in [0.05, 0.1) is 0 Å². The molecule has 1 atom stereocenters. The highest BCUT2D eigenvalue weighted by atomic mass is 16.5. The van der Waals surface area contributed by atoms with E-state index in [1.165, 1.54) is 6.92 Å². The van der Waals surface area contributed by atoms with E-state index in [9.17, 15) is 14.4 Å². The van der Waals surface area contributed by atoms with E-state index in [-0.39, 0.29) is 17.5 Å². The summed E-state index contributed by atoms with van der Waals surface area (Å²) in [6.45, 7) is 3.10. The lowest BCUT2D eigenvalue weighted by atomic mass is 10.0. The minimum absolute atomic E-state index is 0.0736. The Balaban J connectivity index is 1.62. The van der Waals surface area contributed by atoms with E-state index in [1.54, 1.807) is 67.6 Å². The van der Waals surface area contributed by atoms with E-state index in [0.29, 0.717) is 28.1 Å². The SMILES string of the molecule is CC(=O)c1cccc(NC(=O)[C@H](C)Oc2ccc(C(=O)c3ccccc3)cc2)c1. The highest BCUT2D eigenvalue weighted by Gasteiger charge is 2.16. The van der Waals surface area contributed by atoms with Gasteiger partial charge in [0.15, 0.2) is 17.7 Å². The first-order valence-electron chi connectivity index (χ1n) is 9.22. The fourth-order valence-corrected chi connectivity index (χ4v) is 2.76. The minimum Gasteiger partial charge on any atom is -0.481 e. The van der Waals surface area contributed by atoms with Crippen molar-refractivity contribution in [3.05, 3.63) is 95.6 Å². The summed E-state index contributed by atoms with van der Waals surface area (Å²) in [5.74, 6) is -0.00581. The van der Waals surface area contributed by atoms with Gasteiger partial charge in [-0.3, -0.25) is 14.4 Å². The molecular formula is C24H21NO4. The van der Waals surface area contributed by atoms with Crippen LogP contribution in [0.15, 0.2) is 78.9 Å². The van der Waals surface area contributed by atoms with Crippen molar-refractivity contribution in [2.75, 3.05) is 5.32 Å². The van der Waals surface area contributed by atoms with Gasteiger partial charge in [0.1, 0.15) is 5.75 Å². The molecule has 0 radical (unpaired) electrons. The van der Waals surface area contributed by atoms with E-state index >= 15 is 0 Å². The summed E-state index contributed by atoms with van der Waals surface area (Å²) in [5.41, 5.74) is 2.21. The van der Waals surface area contributed by atoms with Gasteiger partial charge < -0.3 is 10.1 Å². The molecule has 1 N–H and O–H groups in total. The van der Waals surface area contributed by atoms with Crippen molar-refractivity contribution in [2.24, 2.45) is 0 Å². The Labute approximate surface area is 169 Å². The van der Waals surface area contributed by atoms with E-state index in [4.69, 9.17) is 4.74 Å². The van der Waals surface area contributed by atoms with Gasteiger partial charge in [-0.1, -0.05) is 42.5 Å². The van der Waals surface area contributed by atoms with Gasteiger partial charge in [-0.15, -0.1) is 0 Å². The lowest BCUT2D eigenvalue weighted by molar-refractivity contribution is -0.122. The number of Topliss-reactive ketones (excluding diaryl/α,β-unsaturated/α-hetero) is 1. The predicted octanol–water partition coefficient (Wildman–Crippen LogP) is 4.53. The molecule has 0 aliphatic heterocycles. The Morgan fingerprint density at radius 2 is 1.41 bits per heavy atom. The normalized spacial score (nSPS) is 11.4. The van der Waals surface area contributed by atoms with Crippen LogP contribution in [0, 0.1) is 0 Å². The Morgan fingerprint density at radius 1 is 0.793 bits per heavy atom. The largest absolute Gasteiger partial charge is 0.481 e. The van der Waals surface area contributed by atoms with Gasteiger partial charge in [-0.25, -0.2) is 0 Å². The molecule has 0 unspecified atom stereocenters. The molecule has 0 aromatic heterocycles. The zero-order valence-corrected chi connectivity index (χ0v) is 16.2. The molecule has 3 aromatic rings. The summed E-state index contributed by atoms with van der Waals surface area (Å²) in [7, 11) is 0. The molecule has 0 saturated carbocycles. The third-order valence-corrected chi connectivity index (χ3v) is 4.37. The second kappa shape index (κ2) is 8.97. The maximum atomic E-state index is 12.4. The molecule has 0 spiro atoms. The molecule has 3 aromatic carbocycles. The number of carbonyl (C=O) groups excluding carboxylic acids is 3. The van der Waals surface area contributed by atoms with Gasteiger partial charge in [-0.2, -0.15) is 0 Å². The molecule has 5 heteroatoms. The maximum Gasteiger partial charge on any atom is 0.265 e. The number of benzene rings is 3. The summed E-state index contributed by atoms with van der Waals surface area (Å²) in [6, 6.07) is 22.4. The number of rotatable bonds is 7. The fraction of sp³-hybridized carbons (Fsp3) is 0.125. The van der Waals surface area contributed by atoms with Gasteiger partial charge >= 0.3 is 0 Å². The number of nitrogens with one attached hydrogen (secondary N) is 1. The van der Waals surface area contributed by atoms with E-state index in [1.807, 2.05) is 18.2 Å². The highest BCUT2D eigenvalue weighted by molar-refractivity contribution is 6.09. The first-order chi connectivity index (χ1) is 13.9. The van der Waals surface area contributed by atoms with Crippen LogP contribution in [0.25, 0.3) is 0 Å². The van der Waals surface area contributed by atoms with E-state index in [2.05, 4.69) is 5.32 Å². The standard InChI is InChI=1S/C24H21NO4/c1-16(26)20-9-6-10-21(15-20)25-24(28)17(2)29-22-13-11-19(12-14-22)23(27)18-7-4-3-5-8-18/h3-15,17H,1-2H3,(H,25,28)/t17-/m0/s1. The monoisotopic (exact) mass is 387 g/mol. The number of hydrogen-bond acceptors (Lipinski definition) is 4. The van der Waals surface area contributed by atoms with Crippen LogP contribution in [0.4, 0.5) is 5.69 Å². The maximum absolute atomic E-state index is 12.4. The zero-order valence-electron chi connectivity index (χ0n) is 16.2. The Morgan fingerprint density at radius 3 is 2.07 bits per heavy atom. The van der Waals surface area contributed by atoms with Crippen LogP contribution in [0.2, 0.25) is 0 Å². The molecule has 3 rings (SSSR count). The Bertz CT molecular complexity index is 1030. The zero-order chi connectivity index (χ0) is 20.8. The van der Waals surface area contributed by atoms with Crippen LogP contribution in [0.1, 0.15) is 40.1 Å². The van der Waals surface area contributed by atoms with Crippen LogP contribution in [0.3, 0.4) is 0 Å². The van der Waals surface area contributed by atoms with E-state index < -0.39 is 6.10 Å². The lowest BCUT2D eigenvalue weighted by Crippen LogP contribution is -2.30. The van der Waals surface area contributed by atoms with Crippen molar-refractivity contribution < 1.29 is 19.1 Å². The molecule has 0 aliphatic rings. The Hall–Kier alpha value is -3.73. The molecule has 0 heterocycles. The number of hydrogen-bond donors (Lipinski definition) is 1. The summed E-state index contributed by atoms with van der Waals surface area (Å²) in [4.78, 5) is 36.3. The molecule has 5 nitrogen and oxygen atoms in total. The topological polar surface area (TPSA) is 72.5 Å². The van der Waals surface area contributed by atoms with Crippen LogP contribution in [0.5, 0.6) is 5.75 Å². The van der Waals surface area contributed by atoms with Crippen LogP contribution < -0.4 is 10.1 Å². The van der Waals surface area contributed by atoms with Gasteiger partial charge in [0.25, 0.3) is 5.91 Å². The quantitative estimate of drug-likeness (QED) is 0.605. The first-order valence-corrected chi connectivity index (χ1v) is 9.22. The van der Waals surface area contributed by atoms with Crippen molar-refractivity contribution in [2.45, 2.75) is 20.0 Å². The number of ketones is 2. The molecule has 146 valence electrons. The molecular weight excluding hydrogens is 366 g/mol. The van der Waals surface area contributed by atoms with Crippen molar-refractivity contribution in [3.63, 3.8) is 0 Å². The van der Waals surface area contributed by atoms with Crippen molar-refractivity contribution in [3.8, 4) is 5.75 Å². The minimum atomic E-state index is -0.758. The van der Waals surface area contributed by atoms with Crippen molar-refractivity contribution in [1.29, 1.82) is 0 Å². The van der Waals surface area contributed by atoms with Crippen molar-refractivity contribution in [1.82, 2.24) is 0 Å². The smallest absolute Gasteiger partial charge is 0.265 e. The third-order valence-electron chi connectivity index (χ3n) is 4.37. The van der Waals surface area contributed by atoms with Crippen molar-refractivity contribution >= 4 is 23.2 Å². The average molecular weight is 387 g/mol. The van der Waals surface area contributed by atoms with Crippen LogP contribution in [-0.4, -0.2) is 23.6 Å². The second-order valence-corrected chi connectivity index (χ2v) is 6.61. The number of ether oxygens (including phenoxy) is 1. The fourth-order valence-electron chi connectivity index (χ4n) is 2.76. The predicted molar refractivity (Wildman–Crippen MR) is 111 cm³/mol. The lowest BCUT2D eigenvalue weighted by Gasteiger charge is -2.15. The van der Waals surface area contributed by atoms with Gasteiger partial charge in [-0.05, 0) is 50.2 Å². The average Bonchev–Trinajstić information content (AvgIpc) is 2.74. The number of carbonyl (C=O) groups is 3. The molecule has 0 fully saturated rings. The molecule has 1 amide bonds. The summed E-state index contributed by atoms with van der Waals surface area (Å²) in [5, 5.41) is 2.74.